The third-order valence-corrected chi connectivity index (χ3v) is 3.12. The largest absolute Gasteiger partial charge is 0.365 e. The molecule has 20 heavy (non-hydrogen) atoms. The van der Waals surface area contributed by atoms with Gasteiger partial charge in [0.25, 0.3) is 0 Å². The second-order valence-electron chi connectivity index (χ2n) is 4.43. The van der Waals surface area contributed by atoms with Crippen molar-refractivity contribution in [2.45, 2.75) is 13.5 Å². The topological polar surface area (TPSA) is 91.4 Å². The van der Waals surface area contributed by atoms with Gasteiger partial charge in [-0.2, -0.15) is 15.1 Å². The Balaban J connectivity index is 1.90. The van der Waals surface area contributed by atoms with Crippen LogP contribution in [-0.4, -0.2) is 32.2 Å². The molecule has 0 saturated carbocycles. The maximum atomic E-state index is 4.43. The number of pyridine rings is 1. The SMILES string of the molecule is CNc1nc(NCc2ccncc2C)c2cn[nH]c2n1. The van der Waals surface area contributed by atoms with Gasteiger partial charge in [0.05, 0.1) is 11.6 Å². The lowest BCUT2D eigenvalue weighted by atomic mass is 10.1. The van der Waals surface area contributed by atoms with Crippen molar-refractivity contribution in [2.75, 3.05) is 17.7 Å². The van der Waals surface area contributed by atoms with Gasteiger partial charge in [-0.25, -0.2) is 0 Å². The molecule has 7 nitrogen and oxygen atoms in total. The van der Waals surface area contributed by atoms with Crippen LogP contribution in [0.3, 0.4) is 0 Å². The highest BCUT2D eigenvalue weighted by molar-refractivity contribution is 5.86. The fraction of sp³-hybridized carbons (Fsp3) is 0.231. The van der Waals surface area contributed by atoms with Gasteiger partial charge < -0.3 is 10.6 Å². The molecular formula is C13H15N7. The summed E-state index contributed by atoms with van der Waals surface area (Å²) in [4.78, 5) is 12.8. The summed E-state index contributed by atoms with van der Waals surface area (Å²) in [6.45, 7) is 2.71. The lowest BCUT2D eigenvalue weighted by Gasteiger charge is -2.09. The second kappa shape index (κ2) is 5.12. The Morgan fingerprint density at radius 3 is 2.95 bits per heavy atom. The van der Waals surface area contributed by atoms with E-state index in [0.29, 0.717) is 18.1 Å². The van der Waals surface area contributed by atoms with Crippen LogP contribution in [0.15, 0.2) is 24.7 Å². The third-order valence-electron chi connectivity index (χ3n) is 3.12. The summed E-state index contributed by atoms with van der Waals surface area (Å²) in [5, 5.41) is 14.0. The predicted octanol–water partition coefficient (Wildman–Crippen LogP) is 1.71. The van der Waals surface area contributed by atoms with Gasteiger partial charge >= 0.3 is 0 Å². The normalized spacial score (nSPS) is 10.7. The molecule has 0 atom stereocenters. The molecule has 0 aromatic carbocycles. The predicted molar refractivity (Wildman–Crippen MR) is 77.5 cm³/mol. The van der Waals surface area contributed by atoms with Crippen molar-refractivity contribution in [1.29, 1.82) is 0 Å². The standard InChI is InChI=1S/C13H15N7/c1-8-5-15-4-3-9(8)6-16-11-10-7-17-20-12(10)19-13(14-2)18-11/h3-5,7H,6H2,1-2H3,(H3,14,16,17,18,19,20). The summed E-state index contributed by atoms with van der Waals surface area (Å²) in [7, 11) is 1.79. The van der Waals surface area contributed by atoms with Crippen LogP contribution in [0.1, 0.15) is 11.1 Å². The van der Waals surface area contributed by atoms with E-state index in [9.17, 15) is 0 Å². The molecule has 3 aromatic heterocycles. The molecule has 0 fully saturated rings. The second-order valence-corrected chi connectivity index (χ2v) is 4.43. The average Bonchev–Trinajstić information content (AvgIpc) is 2.94. The van der Waals surface area contributed by atoms with Crippen molar-refractivity contribution in [3.63, 3.8) is 0 Å². The van der Waals surface area contributed by atoms with E-state index < -0.39 is 0 Å². The molecule has 3 N–H and O–H groups in total. The van der Waals surface area contributed by atoms with Gasteiger partial charge in [0.2, 0.25) is 5.95 Å². The number of aromatic amines is 1. The van der Waals surface area contributed by atoms with Crippen LogP contribution in [0.25, 0.3) is 11.0 Å². The van der Waals surface area contributed by atoms with Crippen molar-refractivity contribution in [3.05, 3.63) is 35.8 Å². The monoisotopic (exact) mass is 269 g/mol. The van der Waals surface area contributed by atoms with Gasteiger partial charge in [-0.1, -0.05) is 0 Å². The van der Waals surface area contributed by atoms with Crippen LogP contribution in [-0.2, 0) is 6.54 Å². The average molecular weight is 269 g/mol. The Hall–Kier alpha value is -2.70. The number of H-pyrrole nitrogens is 1. The van der Waals surface area contributed by atoms with Crippen molar-refractivity contribution >= 4 is 22.8 Å². The fourth-order valence-corrected chi connectivity index (χ4v) is 1.96. The van der Waals surface area contributed by atoms with E-state index in [1.807, 2.05) is 19.2 Å². The molecule has 7 heteroatoms. The van der Waals surface area contributed by atoms with E-state index in [1.54, 1.807) is 19.4 Å². The van der Waals surface area contributed by atoms with Crippen molar-refractivity contribution in [1.82, 2.24) is 25.1 Å². The van der Waals surface area contributed by atoms with Crippen LogP contribution in [0.2, 0.25) is 0 Å². The number of nitrogens with one attached hydrogen (secondary N) is 3. The Labute approximate surface area is 115 Å². The first-order chi connectivity index (χ1) is 9.78. The Kier molecular flexibility index (Phi) is 3.16. The summed E-state index contributed by atoms with van der Waals surface area (Å²) < 4.78 is 0. The number of aryl methyl sites for hydroxylation is 1. The number of fused-ring (bicyclic) bond motifs is 1. The molecule has 0 spiro atoms. The molecule has 0 unspecified atom stereocenters. The van der Waals surface area contributed by atoms with E-state index in [1.165, 1.54) is 5.56 Å². The van der Waals surface area contributed by atoms with E-state index in [2.05, 4.69) is 35.8 Å². The quantitative estimate of drug-likeness (QED) is 0.668. The van der Waals surface area contributed by atoms with Gasteiger partial charge in [-0.05, 0) is 24.1 Å². The summed E-state index contributed by atoms with van der Waals surface area (Å²) in [6.07, 6.45) is 5.36. The lowest BCUT2D eigenvalue weighted by molar-refractivity contribution is 1.06. The maximum Gasteiger partial charge on any atom is 0.226 e. The summed E-state index contributed by atoms with van der Waals surface area (Å²) >= 11 is 0. The minimum atomic E-state index is 0.552. The zero-order valence-electron chi connectivity index (χ0n) is 11.3. The van der Waals surface area contributed by atoms with Gasteiger partial charge in [0, 0.05) is 26.0 Å². The van der Waals surface area contributed by atoms with Crippen LogP contribution >= 0.6 is 0 Å². The van der Waals surface area contributed by atoms with E-state index in [0.717, 1.165) is 16.8 Å². The zero-order chi connectivity index (χ0) is 13.9. The van der Waals surface area contributed by atoms with Gasteiger partial charge in [-0.15, -0.1) is 0 Å². The molecule has 0 saturated heterocycles. The lowest BCUT2D eigenvalue weighted by Crippen LogP contribution is -2.06. The molecular weight excluding hydrogens is 254 g/mol. The highest BCUT2D eigenvalue weighted by atomic mass is 15.2. The highest BCUT2D eigenvalue weighted by Gasteiger charge is 2.09. The molecule has 0 aliphatic heterocycles. The highest BCUT2D eigenvalue weighted by Crippen LogP contribution is 2.20. The van der Waals surface area contributed by atoms with E-state index in [-0.39, 0.29) is 0 Å². The summed E-state index contributed by atoms with van der Waals surface area (Å²) in [5.74, 6) is 1.31. The van der Waals surface area contributed by atoms with Gasteiger partial charge in [0.1, 0.15) is 5.82 Å². The van der Waals surface area contributed by atoms with Crippen LogP contribution in [0, 0.1) is 6.92 Å². The van der Waals surface area contributed by atoms with E-state index >= 15 is 0 Å². The number of hydrogen-bond acceptors (Lipinski definition) is 6. The van der Waals surface area contributed by atoms with E-state index in [4.69, 9.17) is 0 Å². The van der Waals surface area contributed by atoms with Crippen molar-refractivity contribution < 1.29 is 0 Å². The Morgan fingerprint density at radius 1 is 1.25 bits per heavy atom. The minimum absolute atomic E-state index is 0.552. The molecule has 0 radical (unpaired) electrons. The van der Waals surface area contributed by atoms with Crippen LogP contribution in [0.4, 0.5) is 11.8 Å². The fourth-order valence-electron chi connectivity index (χ4n) is 1.96. The number of nitrogens with zero attached hydrogens (tertiary/aromatic N) is 4. The molecule has 3 heterocycles. The Bertz CT molecular complexity index is 734. The molecule has 3 aromatic rings. The molecule has 0 bridgehead atoms. The smallest absolute Gasteiger partial charge is 0.226 e. The molecule has 0 aliphatic rings. The first kappa shape index (κ1) is 12.3. The molecule has 102 valence electrons. The summed E-state index contributed by atoms with van der Waals surface area (Å²) in [6, 6.07) is 2.00. The van der Waals surface area contributed by atoms with Crippen molar-refractivity contribution in [2.24, 2.45) is 0 Å². The zero-order valence-corrected chi connectivity index (χ0v) is 11.3. The number of rotatable bonds is 4. The molecule has 0 aliphatic carbocycles. The van der Waals surface area contributed by atoms with Crippen LogP contribution < -0.4 is 10.6 Å². The number of hydrogen-bond donors (Lipinski definition) is 3. The number of anilines is 2. The van der Waals surface area contributed by atoms with Gasteiger partial charge in [-0.3, -0.25) is 10.1 Å². The summed E-state index contributed by atoms with van der Waals surface area (Å²) in [5.41, 5.74) is 3.03. The molecule has 0 amide bonds. The third kappa shape index (κ3) is 2.25. The molecule has 3 rings (SSSR count). The minimum Gasteiger partial charge on any atom is -0.365 e. The van der Waals surface area contributed by atoms with Crippen molar-refractivity contribution in [3.8, 4) is 0 Å². The van der Waals surface area contributed by atoms with Gasteiger partial charge in [0.15, 0.2) is 5.65 Å². The number of aromatic nitrogens is 5. The first-order valence-corrected chi connectivity index (χ1v) is 6.30. The first-order valence-electron chi connectivity index (χ1n) is 6.30. The maximum absolute atomic E-state index is 4.43. The van der Waals surface area contributed by atoms with Crippen LogP contribution in [0.5, 0.6) is 0 Å². The Morgan fingerprint density at radius 2 is 2.15 bits per heavy atom.